The van der Waals surface area contributed by atoms with Crippen LogP contribution >= 0.6 is 0 Å². The van der Waals surface area contributed by atoms with Crippen LogP contribution in [-0.4, -0.2) is 84.2 Å². The second kappa shape index (κ2) is 10.8. The number of anilines is 3. The van der Waals surface area contributed by atoms with Crippen LogP contribution in [0.1, 0.15) is 49.1 Å². The number of aryl methyl sites for hydroxylation is 1. The summed E-state index contributed by atoms with van der Waals surface area (Å²) in [6.07, 6.45) is 4.97. The number of amides is 1. The maximum absolute atomic E-state index is 12.1. The standard InChI is InChI=1S/C29H36N6O3/c1-3-4-27(36)34-11-7-22(8-12-34)35-10-6-21(18-35)24-17-25-28(20(2)31-24)38-19-23-26(5-9-30-29(23)32-25)33-13-15-37-16-14-33/h5,9,17,21-22H,6-8,10-16,18-19H2,1-2H3,(H,30,32)/t21-/m0/s1. The average molecular weight is 517 g/mol. The van der Waals surface area contributed by atoms with Gasteiger partial charge >= 0.3 is 0 Å². The molecule has 1 atom stereocenters. The molecule has 1 N–H and O–H groups in total. The molecule has 4 aliphatic rings. The molecule has 6 heterocycles. The quantitative estimate of drug-likeness (QED) is 0.624. The van der Waals surface area contributed by atoms with Crippen LogP contribution in [0.25, 0.3) is 0 Å². The van der Waals surface area contributed by atoms with E-state index in [4.69, 9.17) is 14.5 Å². The third-order valence-electron chi connectivity index (χ3n) is 8.30. The van der Waals surface area contributed by atoms with Crippen molar-refractivity contribution < 1.29 is 14.3 Å². The van der Waals surface area contributed by atoms with E-state index in [1.165, 1.54) is 0 Å². The van der Waals surface area contributed by atoms with Crippen molar-refractivity contribution in [1.29, 1.82) is 0 Å². The summed E-state index contributed by atoms with van der Waals surface area (Å²) in [7, 11) is 0. The van der Waals surface area contributed by atoms with Crippen molar-refractivity contribution in [3.63, 3.8) is 0 Å². The first-order valence-corrected chi connectivity index (χ1v) is 13.8. The molecular formula is C29H36N6O3. The Morgan fingerprint density at radius 3 is 2.74 bits per heavy atom. The lowest BCUT2D eigenvalue weighted by atomic mass is 10.0. The van der Waals surface area contributed by atoms with E-state index >= 15 is 0 Å². The Morgan fingerprint density at radius 2 is 1.95 bits per heavy atom. The largest absolute Gasteiger partial charge is 0.485 e. The van der Waals surface area contributed by atoms with E-state index < -0.39 is 0 Å². The fraction of sp³-hybridized carbons (Fsp3) is 0.552. The van der Waals surface area contributed by atoms with Crippen LogP contribution in [0, 0.1) is 18.8 Å². The average Bonchev–Trinajstić information content (AvgIpc) is 3.36. The smallest absolute Gasteiger partial charge is 0.298 e. The number of likely N-dealkylation sites (tertiary alicyclic amines) is 2. The number of nitrogens with one attached hydrogen (secondary N) is 1. The van der Waals surface area contributed by atoms with Crippen molar-refractivity contribution >= 4 is 23.1 Å². The van der Waals surface area contributed by atoms with Crippen molar-refractivity contribution in [2.45, 2.75) is 51.7 Å². The predicted molar refractivity (Wildman–Crippen MR) is 146 cm³/mol. The minimum Gasteiger partial charge on any atom is -0.485 e. The number of piperidine rings is 1. The third kappa shape index (κ3) is 4.91. The Morgan fingerprint density at radius 1 is 1.13 bits per heavy atom. The molecule has 0 saturated carbocycles. The topological polar surface area (TPSA) is 83.1 Å². The number of aromatic nitrogens is 2. The number of rotatable bonds is 3. The molecule has 200 valence electrons. The Labute approximate surface area is 224 Å². The second-order valence-electron chi connectivity index (χ2n) is 10.6. The van der Waals surface area contributed by atoms with Crippen molar-refractivity contribution in [2.24, 2.45) is 0 Å². The SMILES string of the molecule is CC#CC(=O)N1CCC(N2CC[C@H](c3cc4c(c(C)n3)OCc3c(N5CCOCC5)ccnc3N4)C2)CC1. The summed E-state index contributed by atoms with van der Waals surface area (Å²) in [4.78, 5) is 28.6. The maximum Gasteiger partial charge on any atom is 0.298 e. The zero-order chi connectivity index (χ0) is 26.1. The highest BCUT2D eigenvalue weighted by molar-refractivity contribution is 5.93. The second-order valence-corrected chi connectivity index (χ2v) is 10.6. The van der Waals surface area contributed by atoms with Crippen LogP contribution in [-0.2, 0) is 16.1 Å². The van der Waals surface area contributed by atoms with Crippen molar-refractivity contribution in [3.05, 3.63) is 35.3 Å². The molecule has 4 aliphatic heterocycles. The number of morpholine rings is 1. The van der Waals surface area contributed by atoms with Gasteiger partial charge in [0.2, 0.25) is 0 Å². The lowest BCUT2D eigenvalue weighted by molar-refractivity contribution is -0.126. The summed E-state index contributed by atoms with van der Waals surface area (Å²) in [6, 6.07) is 4.75. The molecule has 3 fully saturated rings. The number of nitrogens with zero attached hydrogens (tertiary/aromatic N) is 5. The van der Waals surface area contributed by atoms with Crippen LogP contribution in [0.4, 0.5) is 17.2 Å². The lowest BCUT2D eigenvalue weighted by Crippen LogP contribution is -2.45. The van der Waals surface area contributed by atoms with Gasteiger partial charge in [-0.05, 0) is 57.7 Å². The highest BCUT2D eigenvalue weighted by Gasteiger charge is 2.33. The first-order valence-electron chi connectivity index (χ1n) is 13.8. The molecule has 0 bridgehead atoms. The fourth-order valence-electron chi connectivity index (χ4n) is 6.25. The minimum absolute atomic E-state index is 0.0438. The Hall–Kier alpha value is -3.35. The Balaban J connectivity index is 1.16. The molecular weight excluding hydrogens is 480 g/mol. The molecule has 38 heavy (non-hydrogen) atoms. The maximum atomic E-state index is 12.1. The van der Waals surface area contributed by atoms with Gasteiger partial charge in [-0.2, -0.15) is 0 Å². The van der Waals surface area contributed by atoms with Gasteiger partial charge in [0, 0.05) is 62.3 Å². The molecule has 2 aromatic rings. The van der Waals surface area contributed by atoms with E-state index in [2.05, 4.69) is 44.1 Å². The molecule has 9 heteroatoms. The predicted octanol–water partition coefficient (Wildman–Crippen LogP) is 3.06. The first kappa shape index (κ1) is 25.0. The molecule has 3 saturated heterocycles. The van der Waals surface area contributed by atoms with Gasteiger partial charge in [-0.15, -0.1) is 0 Å². The van der Waals surface area contributed by atoms with Crippen molar-refractivity contribution in [3.8, 4) is 17.6 Å². The lowest BCUT2D eigenvalue weighted by Gasteiger charge is -2.36. The Kier molecular flexibility index (Phi) is 7.09. The highest BCUT2D eigenvalue weighted by Crippen LogP contribution is 2.40. The van der Waals surface area contributed by atoms with Gasteiger partial charge in [0.25, 0.3) is 5.91 Å². The van der Waals surface area contributed by atoms with Crippen LogP contribution in [0.15, 0.2) is 18.3 Å². The molecule has 0 radical (unpaired) electrons. The van der Waals surface area contributed by atoms with E-state index in [1.54, 1.807) is 6.92 Å². The highest BCUT2D eigenvalue weighted by atomic mass is 16.5. The monoisotopic (exact) mass is 516 g/mol. The first-order chi connectivity index (χ1) is 18.6. The summed E-state index contributed by atoms with van der Waals surface area (Å²) in [6.45, 7) is 11.1. The number of pyridine rings is 2. The van der Waals surface area contributed by atoms with Crippen LogP contribution in [0.2, 0.25) is 0 Å². The van der Waals surface area contributed by atoms with Crippen LogP contribution in [0.3, 0.4) is 0 Å². The minimum atomic E-state index is -0.0438. The summed E-state index contributed by atoms with van der Waals surface area (Å²) in [5.41, 5.74) is 5.20. The van der Waals surface area contributed by atoms with Gasteiger partial charge in [-0.1, -0.05) is 5.92 Å². The molecule has 0 aliphatic carbocycles. The summed E-state index contributed by atoms with van der Waals surface area (Å²) in [5, 5.41) is 3.59. The van der Waals surface area contributed by atoms with E-state index in [9.17, 15) is 4.79 Å². The third-order valence-corrected chi connectivity index (χ3v) is 8.30. The number of ether oxygens (including phenoxy) is 2. The zero-order valence-electron chi connectivity index (χ0n) is 22.3. The normalized spacial score (nSPS) is 21.9. The van der Waals surface area contributed by atoms with Crippen LogP contribution in [0.5, 0.6) is 5.75 Å². The van der Waals surface area contributed by atoms with Gasteiger partial charge < -0.3 is 24.6 Å². The zero-order valence-corrected chi connectivity index (χ0v) is 22.3. The van der Waals surface area contributed by atoms with E-state index in [-0.39, 0.29) is 5.91 Å². The molecule has 2 aromatic heterocycles. The molecule has 6 rings (SSSR count). The number of carbonyl (C=O) groups is 1. The molecule has 9 nitrogen and oxygen atoms in total. The molecule has 0 unspecified atom stereocenters. The number of hydrogen-bond acceptors (Lipinski definition) is 8. The van der Waals surface area contributed by atoms with E-state index in [1.807, 2.05) is 18.0 Å². The molecule has 1 amide bonds. The molecule has 0 aromatic carbocycles. The van der Waals surface area contributed by atoms with Gasteiger partial charge in [-0.25, -0.2) is 4.98 Å². The van der Waals surface area contributed by atoms with Gasteiger partial charge in [-0.3, -0.25) is 14.7 Å². The summed E-state index contributed by atoms with van der Waals surface area (Å²) in [5.74, 6) is 7.39. The Bertz CT molecular complexity index is 1260. The van der Waals surface area contributed by atoms with Crippen molar-refractivity contribution in [1.82, 2.24) is 19.8 Å². The molecule has 0 spiro atoms. The van der Waals surface area contributed by atoms with Crippen molar-refractivity contribution in [2.75, 3.05) is 62.7 Å². The van der Waals surface area contributed by atoms with E-state index in [0.29, 0.717) is 18.6 Å². The number of hydrogen-bond donors (Lipinski definition) is 1. The van der Waals surface area contributed by atoms with E-state index in [0.717, 1.165) is 112 Å². The summed E-state index contributed by atoms with van der Waals surface area (Å²) >= 11 is 0. The van der Waals surface area contributed by atoms with Gasteiger partial charge in [0.1, 0.15) is 12.4 Å². The van der Waals surface area contributed by atoms with Gasteiger partial charge in [0.15, 0.2) is 5.75 Å². The summed E-state index contributed by atoms with van der Waals surface area (Å²) < 4.78 is 11.9. The van der Waals surface area contributed by atoms with Crippen LogP contribution < -0.4 is 15.0 Å². The fourth-order valence-corrected chi connectivity index (χ4v) is 6.25. The van der Waals surface area contributed by atoms with Gasteiger partial charge in [0.05, 0.1) is 30.2 Å². The number of carbonyl (C=O) groups excluding carboxylic acids is 1. The number of fused-ring (bicyclic) bond motifs is 2.